The highest BCUT2D eigenvalue weighted by Gasteiger charge is 2.08. The molecule has 2 heterocycles. The summed E-state index contributed by atoms with van der Waals surface area (Å²) in [6, 6.07) is 11.5. The number of nitrogens with one attached hydrogen (secondary N) is 1. The lowest BCUT2D eigenvalue weighted by atomic mass is 10.2. The summed E-state index contributed by atoms with van der Waals surface area (Å²) < 4.78 is 5.33. The minimum atomic E-state index is 0.00193. The Morgan fingerprint density at radius 2 is 2.26 bits per heavy atom. The number of rotatable bonds is 6. The molecule has 0 aliphatic rings. The average molecular weight is 344 g/mol. The third-order valence-corrected chi connectivity index (χ3v) is 4.94. The molecular formula is C17H16N2O2S2. The molecule has 2 aromatic heterocycles. The van der Waals surface area contributed by atoms with Crippen LogP contribution in [0.5, 0.6) is 0 Å². The van der Waals surface area contributed by atoms with E-state index in [2.05, 4.69) is 10.3 Å². The number of nitrogens with zero attached hydrogens (tertiary/aromatic N) is 1. The Labute approximate surface area is 142 Å². The van der Waals surface area contributed by atoms with Crippen LogP contribution in [0.15, 0.2) is 52.5 Å². The molecule has 0 radical (unpaired) electrons. The lowest BCUT2D eigenvalue weighted by molar-refractivity contribution is -0.113. The number of aryl methyl sites for hydroxylation is 1. The van der Waals surface area contributed by atoms with Crippen LogP contribution in [-0.4, -0.2) is 16.6 Å². The van der Waals surface area contributed by atoms with E-state index < -0.39 is 0 Å². The van der Waals surface area contributed by atoms with Crippen LogP contribution in [0.4, 0.5) is 5.69 Å². The molecule has 0 aliphatic heterocycles. The van der Waals surface area contributed by atoms with Crippen molar-refractivity contribution in [2.24, 2.45) is 0 Å². The molecule has 3 rings (SSSR count). The van der Waals surface area contributed by atoms with Crippen molar-refractivity contribution in [3.8, 4) is 10.8 Å². The van der Waals surface area contributed by atoms with Crippen molar-refractivity contribution < 1.29 is 9.21 Å². The Kier molecular flexibility index (Phi) is 5.15. The van der Waals surface area contributed by atoms with Crippen molar-refractivity contribution >= 4 is 34.7 Å². The third kappa shape index (κ3) is 4.46. The van der Waals surface area contributed by atoms with Gasteiger partial charge in [0, 0.05) is 16.8 Å². The van der Waals surface area contributed by atoms with Gasteiger partial charge in [-0.2, -0.15) is 0 Å². The number of amides is 1. The molecule has 0 aliphatic carbocycles. The zero-order valence-electron chi connectivity index (χ0n) is 12.6. The molecule has 0 fully saturated rings. The van der Waals surface area contributed by atoms with E-state index in [1.165, 1.54) is 0 Å². The first-order valence-electron chi connectivity index (χ1n) is 7.13. The van der Waals surface area contributed by atoms with Crippen molar-refractivity contribution in [1.82, 2.24) is 4.98 Å². The van der Waals surface area contributed by atoms with Gasteiger partial charge in [0.2, 0.25) is 5.91 Å². The first kappa shape index (κ1) is 15.8. The Bertz CT molecular complexity index is 782. The number of furan rings is 1. The third-order valence-electron chi connectivity index (χ3n) is 3.07. The van der Waals surface area contributed by atoms with E-state index in [1.54, 1.807) is 29.4 Å². The van der Waals surface area contributed by atoms with Crippen LogP contribution in [0.3, 0.4) is 0 Å². The first-order chi connectivity index (χ1) is 11.2. The molecule has 0 spiro atoms. The largest absolute Gasteiger partial charge is 0.462 e. The van der Waals surface area contributed by atoms with Gasteiger partial charge >= 0.3 is 0 Å². The average Bonchev–Trinajstić information content (AvgIpc) is 3.18. The lowest BCUT2D eigenvalue weighted by Crippen LogP contribution is -2.14. The van der Waals surface area contributed by atoms with Crippen LogP contribution in [0.2, 0.25) is 0 Å². The van der Waals surface area contributed by atoms with E-state index in [0.717, 1.165) is 27.7 Å². The van der Waals surface area contributed by atoms with E-state index >= 15 is 0 Å². The summed E-state index contributed by atoms with van der Waals surface area (Å²) in [4.78, 5) is 16.5. The molecule has 0 bridgehead atoms. The summed E-state index contributed by atoms with van der Waals surface area (Å²) in [7, 11) is 0. The summed E-state index contributed by atoms with van der Waals surface area (Å²) in [6.07, 6.45) is 1.64. The minimum absolute atomic E-state index is 0.00193. The van der Waals surface area contributed by atoms with Gasteiger partial charge in [-0.1, -0.05) is 12.1 Å². The van der Waals surface area contributed by atoms with Crippen LogP contribution in [0.25, 0.3) is 10.8 Å². The number of hydrogen-bond acceptors (Lipinski definition) is 5. The van der Waals surface area contributed by atoms with Gasteiger partial charge in [0.15, 0.2) is 10.8 Å². The fourth-order valence-electron chi connectivity index (χ4n) is 2.05. The molecule has 0 atom stereocenters. The topological polar surface area (TPSA) is 55.1 Å². The van der Waals surface area contributed by atoms with Crippen LogP contribution >= 0.6 is 23.1 Å². The standard InChI is InChI=1S/C17H16N2O2S2/c1-12-4-2-5-13(8-12)18-16(20)11-22-9-14-10-23-17(19-14)15-6-3-7-21-15/h2-8,10H,9,11H2,1H3,(H,18,20). The fraction of sp³-hybridized carbons (Fsp3) is 0.176. The van der Waals surface area contributed by atoms with Crippen molar-refractivity contribution in [3.63, 3.8) is 0 Å². The van der Waals surface area contributed by atoms with Crippen molar-refractivity contribution in [2.45, 2.75) is 12.7 Å². The van der Waals surface area contributed by atoms with Crippen molar-refractivity contribution in [3.05, 3.63) is 59.3 Å². The number of anilines is 1. The van der Waals surface area contributed by atoms with Gasteiger partial charge in [0.25, 0.3) is 0 Å². The molecule has 0 saturated carbocycles. The summed E-state index contributed by atoms with van der Waals surface area (Å²) in [5.74, 6) is 1.89. The van der Waals surface area contributed by atoms with Gasteiger partial charge in [-0.05, 0) is 36.8 Å². The summed E-state index contributed by atoms with van der Waals surface area (Å²) in [5, 5.41) is 5.78. The van der Waals surface area contributed by atoms with E-state index in [1.807, 2.05) is 48.7 Å². The molecule has 3 aromatic rings. The highest BCUT2D eigenvalue weighted by molar-refractivity contribution is 7.99. The molecule has 0 unspecified atom stereocenters. The van der Waals surface area contributed by atoms with Gasteiger partial charge in [-0.15, -0.1) is 23.1 Å². The van der Waals surface area contributed by atoms with Crippen LogP contribution in [0.1, 0.15) is 11.3 Å². The zero-order chi connectivity index (χ0) is 16.1. The van der Waals surface area contributed by atoms with Crippen LogP contribution in [-0.2, 0) is 10.5 Å². The maximum atomic E-state index is 11.9. The number of hydrogen-bond donors (Lipinski definition) is 1. The smallest absolute Gasteiger partial charge is 0.234 e. The number of benzene rings is 1. The quantitative estimate of drug-likeness (QED) is 0.711. The van der Waals surface area contributed by atoms with E-state index in [-0.39, 0.29) is 5.91 Å². The Hall–Kier alpha value is -2.05. The monoisotopic (exact) mass is 344 g/mol. The molecule has 1 N–H and O–H groups in total. The number of thioether (sulfide) groups is 1. The van der Waals surface area contributed by atoms with Crippen LogP contribution < -0.4 is 5.32 Å². The number of carbonyl (C=O) groups is 1. The summed E-state index contributed by atoms with van der Waals surface area (Å²) in [6.45, 7) is 2.00. The molecule has 1 amide bonds. The predicted octanol–water partition coefficient (Wildman–Crippen LogP) is 4.58. The second-order valence-electron chi connectivity index (χ2n) is 5.03. The number of aromatic nitrogens is 1. The van der Waals surface area contributed by atoms with Crippen molar-refractivity contribution in [1.29, 1.82) is 0 Å². The second-order valence-corrected chi connectivity index (χ2v) is 6.88. The van der Waals surface area contributed by atoms with E-state index in [0.29, 0.717) is 11.5 Å². The predicted molar refractivity (Wildman–Crippen MR) is 95.8 cm³/mol. The highest BCUT2D eigenvalue weighted by atomic mass is 32.2. The van der Waals surface area contributed by atoms with Gasteiger partial charge in [0.1, 0.15) is 0 Å². The molecule has 4 nitrogen and oxygen atoms in total. The molecule has 0 saturated heterocycles. The SMILES string of the molecule is Cc1cccc(NC(=O)CSCc2csc(-c3ccco3)n2)c1. The maximum absolute atomic E-state index is 11.9. The molecule has 118 valence electrons. The van der Waals surface area contributed by atoms with Gasteiger partial charge in [-0.3, -0.25) is 4.79 Å². The maximum Gasteiger partial charge on any atom is 0.234 e. The lowest BCUT2D eigenvalue weighted by Gasteiger charge is -2.05. The van der Waals surface area contributed by atoms with E-state index in [4.69, 9.17) is 4.42 Å². The minimum Gasteiger partial charge on any atom is -0.462 e. The van der Waals surface area contributed by atoms with Gasteiger partial charge in [-0.25, -0.2) is 4.98 Å². The van der Waals surface area contributed by atoms with Crippen LogP contribution in [0, 0.1) is 6.92 Å². The Morgan fingerprint density at radius 3 is 3.04 bits per heavy atom. The molecular weight excluding hydrogens is 328 g/mol. The normalized spacial score (nSPS) is 10.7. The number of thiazole rings is 1. The summed E-state index contributed by atoms with van der Waals surface area (Å²) in [5.41, 5.74) is 2.93. The first-order valence-corrected chi connectivity index (χ1v) is 9.17. The summed E-state index contributed by atoms with van der Waals surface area (Å²) >= 11 is 3.10. The highest BCUT2D eigenvalue weighted by Crippen LogP contribution is 2.25. The second kappa shape index (κ2) is 7.48. The van der Waals surface area contributed by atoms with Gasteiger partial charge < -0.3 is 9.73 Å². The Morgan fingerprint density at radius 1 is 1.35 bits per heavy atom. The van der Waals surface area contributed by atoms with Crippen molar-refractivity contribution in [2.75, 3.05) is 11.1 Å². The van der Waals surface area contributed by atoms with Gasteiger partial charge in [0.05, 0.1) is 17.7 Å². The zero-order valence-corrected chi connectivity index (χ0v) is 14.2. The molecule has 1 aromatic carbocycles. The molecule has 6 heteroatoms. The Balaban J connectivity index is 1.47. The number of carbonyl (C=O) groups excluding carboxylic acids is 1. The molecule has 23 heavy (non-hydrogen) atoms. The fourth-order valence-corrected chi connectivity index (χ4v) is 3.66. The van der Waals surface area contributed by atoms with E-state index in [9.17, 15) is 4.79 Å².